The van der Waals surface area contributed by atoms with Crippen LogP contribution in [0.15, 0.2) is 0 Å². The molecule has 0 radical (unpaired) electrons. The van der Waals surface area contributed by atoms with Crippen LogP contribution in [-0.2, 0) is 23.0 Å². The van der Waals surface area contributed by atoms with Gasteiger partial charge in [-0.3, -0.25) is 0 Å². The van der Waals surface area contributed by atoms with Crippen molar-refractivity contribution in [1.82, 2.24) is 4.90 Å². The zero-order chi connectivity index (χ0) is 14.9. The number of ether oxygens (including phenoxy) is 1. The monoisotopic (exact) mass is 315 g/mol. The van der Waals surface area contributed by atoms with Crippen LogP contribution in [-0.4, -0.2) is 30.7 Å². The first-order chi connectivity index (χ1) is 9.34. The topological polar surface area (TPSA) is 29.5 Å². The second-order valence-corrected chi connectivity index (χ2v) is 7.57. The average Bonchev–Trinajstić information content (AvgIpc) is 2.56. The fourth-order valence-corrected chi connectivity index (χ4v) is 4.36. The number of fused-ring (bicyclic) bond motifs is 1. The van der Waals surface area contributed by atoms with Crippen molar-refractivity contribution < 1.29 is 9.53 Å². The van der Waals surface area contributed by atoms with Crippen molar-refractivity contribution in [3.63, 3.8) is 0 Å². The van der Waals surface area contributed by atoms with E-state index in [1.54, 1.807) is 16.2 Å². The summed E-state index contributed by atoms with van der Waals surface area (Å²) in [5, 5.41) is 0.906. The molecule has 1 aliphatic heterocycles. The van der Waals surface area contributed by atoms with E-state index >= 15 is 0 Å². The summed E-state index contributed by atoms with van der Waals surface area (Å²) in [6.07, 6.45) is 1.48. The Kier molecular flexibility index (Phi) is 4.65. The van der Waals surface area contributed by atoms with Crippen molar-refractivity contribution in [2.24, 2.45) is 0 Å². The Labute approximate surface area is 129 Å². The number of nitrogens with zero attached hydrogens (tertiary/aromatic N) is 1. The lowest BCUT2D eigenvalue weighted by Gasteiger charge is -2.20. The maximum atomic E-state index is 11.8. The van der Waals surface area contributed by atoms with Gasteiger partial charge in [-0.05, 0) is 30.7 Å². The summed E-state index contributed by atoms with van der Waals surface area (Å²) in [7, 11) is 0. The third kappa shape index (κ3) is 3.12. The second-order valence-electron chi connectivity index (χ2n) is 6.08. The fourth-order valence-electron chi connectivity index (χ4n) is 2.41. The van der Waals surface area contributed by atoms with Crippen LogP contribution in [0.25, 0.3) is 0 Å². The van der Waals surface area contributed by atoms with Gasteiger partial charge in [-0.2, -0.15) is 0 Å². The third-order valence-corrected chi connectivity index (χ3v) is 5.72. The highest BCUT2D eigenvalue weighted by Gasteiger charge is 2.28. The van der Waals surface area contributed by atoms with Gasteiger partial charge in [-0.15, -0.1) is 11.3 Å². The predicted octanol–water partition coefficient (Wildman–Crippen LogP) is 4.26. The third-order valence-electron chi connectivity index (χ3n) is 3.47. The van der Waals surface area contributed by atoms with Crippen molar-refractivity contribution in [3.8, 4) is 0 Å². The molecular weight excluding hydrogens is 294 g/mol. The smallest absolute Gasteiger partial charge is 0.409 e. The summed E-state index contributed by atoms with van der Waals surface area (Å²) in [6.45, 7) is 10.2. The van der Waals surface area contributed by atoms with E-state index in [1.165, 1.54) is 15.3 Å². The molecule has 0 unspecified atom stereocenters. The van der Waals surface area contributed by atoms with Crippen LogP contribution >= 0.6 is 22.9 Å². The molecule has 0 saturated carbocycles. The van der Waals surface area contributed by atoms with Crippen LogP contribution in [0.1, 0.15) is 43.0 Å². The molecule has 2 rings (SSSR count). The average molecular weight is 316 g/mol. The Bertz CT molecular complexity index is 505. The Morgan fingerprint density at radius 3 is 2.60 bits per heavy atom. The van der Waals surface area contributed by atoms with Crippen molar-refractivity contribution in [2.75, 3.05) is 19.7 Å². The molecule has 0 atom stereocenters. The number of carbonyl (C=O) groups excluding carboxylic acids is 1. The fraction of sp³-hybridized carbons (Fsp3) is 0.667. The number of hydrogen-bond donors (Lipinski definition) is 0. The minimum Gasteiger partial charge on any atom is -0.450 e. The van der Waals surface area contributed by atoms with Gasteiger partial charge in [0.2, 0.25) is 0 Å². The maximum Gasteiger partial charge on any atom is 0.409 e. The molecular formula is C15H22ClNO2S. The van der Waals surface area contributed by atoms with E-state index in [9.17, 15) is 4.79 Å². The summed E-state index contributed by atoms with van der Waals surface area (Å²) in [5.41, 5.74) is 1.31. The summed E-state index contributed by atoms with van der Waals surface area (Å²) >= 11 is 8.36. The number of halogens is 1. The van der Waals surface area contributed by atoms with Gasteiger partial charge < -0.3 is 9.64 Å². The number of carbonyl (C=O) groups is 1. The Morgan fingerprint density at radius 1 is 1.35 bits per heavy atom. The number of amides is 1. The number of hydrogen-bond acceptors (Lipinski definition) is 3. The van der Waals surface area contributed by atoms with Gasteiger partial charge in [0.15, 0.2) is 0 Å². The van der Waals surface area contributed by atoms with Crippen LogP contribution in [0.3, 0.4) is 0 Å². The molecule has 1 aromatic rings. The first kappa shape index (κ1) is 15.6. The van der Waals surface area contributed by atoms with Crippen LogP contribution in [0.5, 0.6) is 0 Å². The van der Waals surface area contributed by atoms with Crippen molar-refractivity contribution in [1.29, 1.82) is 0 Å². The van der Waals surface area contributed by atoms with Gasteiger partial charge in [-0.25, -0.2) is 4.79 Å². The molecule has 2 heterocycles. The van der Waals surface area contributed by atoms with E-state index in [0.717, 1.165) is 17.9 Å². The lowest BCUT2D eigenvalue weighted by Crippen LogP contribution is -2.33. The number of rotatable bonds is 1. The molecule has 20 heavy (non-hydrogen) atoms. The Balaban J connectivity index is 2.18. The minimum absolute atomic E-state index is 0.0782. The molecule has 0 aliphatic carbocycles. The van der Waals surface area contributed by atoms with Crippen molar-refractivity contribution >= 4 is 29.0 Å². The van der Waals surface area contributed by atoms with Gasteiger partial charge in [0.05, 0.1) is 11.6 Å². The lowest BCUT2D eigenvalue weighted by atomic mass is 9.93. The van der Waals surface area contributed by atoms with E-state index in [4.69, 9.17) is 16.3 Å². The van der Waals surface area contributed by atoms with Gasteiger partial charge in [-0.1, -0.05) is 32.4 Å². The summed E-state index contributed by atoms with van der Waals surface area (Å²) in [6, 6.07) is 0. The molecule has 112 valence electrons. The zero-order valence-corrected chi connectivity index (χ0v) is 14.2. The molecule has 3 nitrogen and oxygen atoms in total. The largest absolute Gasteiger partial charge is 0.450 e. The normalized spacial score (nSPS) is 15.8. The Morgan fingerprint density at radius 2 is 2.00 bits per heavy atom. The molecule has 1 aromatic heterocycles. The SMILES string of the molecule is CCOC(=O)N1CCc2sc(C(C)(C)C)c(Cl)c2CC1. The molecule has 0 bridgehead atoms. The van der Waals surface area contributed by atoms with Crippen molar-refractivity contribution in [3.05, 3.63) is 20.3 Å². The van der Waals surface area contributed by atoms with Gasteiger partial charge in [0.25, 0.3) is 0 Å². The molecule has 1 aliphatic rings. The molecule has 1 amide bonds. The first-order valence-corrected chi connectivity index (χ1v) is 8.26. The molecule has 5 heteroatoms. The van der Waals surface area contributed by atoms with E-state index in [1.807, 2.05) is 6.92 Å². The van der Waals surface area contributed by atoms with Gasteiger partial charge in [0.1, 0.15) is 0 Å². The van der Waals surface area contributed by atoms with Crippen molar-refractivity contribution in [2.45, 2.75) is 46.0 Å². The quantitative estimate of drug-likeness (QED) is 0.775. The van der Waals surface area contributed by atoms with Crippen LogP contribution < -0.4 is 0 Å². The highest BCUT2D eigenvalue weighted by Crippen LogP contribution is 2.41. The minimum atomic E-state index is -0.213. The lowest BCUT2D eigenvalue weighted by molar-refractivity contribution is 0.109. The first-order valence-electron chi connectivity index (χ1n) is 7.06. The maximum absolute atomic E-state index is 11.8. The molecule has 0 fully saturated rings. The van der Waals surface area contributed by atoms with E-state index in [-0.39, 0.29) is 11.5 Å². The van der Waals surface area contributed by atoms with Crippen LogP contribution in [0.2, 0.25) is 5.02 Å². The second kappa shape index (κ2) is 5.94. The van der Waals surface area contributed by atoms with E-state index in [2.05, 4.69) is 20.8 Å². The summed E-state index contributed by atoms with van der Waals surface area (Å²) < 4.78 is 5.08. The predicted molar refractivity (Wildman–Crippen MR) is 84.0 cm³/mol. The van der Waals surface area contributed by atoms with Crippen LogP contribution in [0, 0.1) is 0 Å². The summed E-state index contributed by atoms with van der Waals surface area (Å²) in [5.74, 6) is 0. The summed E-state index contributed by atoms with van der Waals surface area (Å²) in [4.78, 5) is 16.2. The highest BCUT2D eigenvalue weighted by molar-refractivity contribution is 7.13. The molecule has 0 aromatic carbocycles. The molecule has 0 spiro atoms. The van der Waals surface area contributed by atoms with Gasteiger partial charge >= 0.3 is 6.09 Å². The highest BCUT2D eigenvalue weighted by atomic mass is 35.5. The van der Waals surface area contributed by atoms with Crippen LogP contribution in [0.4, 0.5) is 4.79 Å². The van der Waals surface area contributed by atoms with Gasteiger partial charge in [0, 0.05) is 22.8 Å². The van der Waals surface area contributed by atoms with E-state index in [0.29, 0.717) is 19.7 Å². The molecule has 0 saturated heterocycles. The molecule has 0 N–H and O–H groups in total. The Hall–Kier alpha value is -0.740. The van der Waals surface area contributed by atoms with E-state index < -0.39 is 0 Å². The number of thiophene rings is 1. The standard InChI is InChI=1S/C15H22ClNO2S/c1-5-19-14(18)17-8-6-10-11(7-9-17)20-13(12(10)16)15(2,3)4/h5-9H2,1-4H3. The zero-order valence-electron chi connectivity index (χ0n) is 12.6.